The number of carbonyl (C=O) groups excluding carboxylic acids is 1. The summed E-state index contributed by atoms with van der Waals surface area (Å²) < 4.78 is 27.2. The quantitative estimate of drug-likeness (QED) is 0.736. The van der Waals surface area contributed by atoms with Gasteiger partial charge >= 0.3 is 0 Å². The number of carbonyl (C=O) groups is 1. The largest absolute Gasteiger partial charge is 0.367 e. The number of anilines is 1. The van der Waals surface area contributed by atoms with E-state index in [1.807, 2.05) is 0 Å². The first kappa shape index (κ1) is 14.2. The van der Waals surface area contributed by atoms with Crippen molar-refractivity contribution in [2.45, 2.75) is 12.5 Å². The number of rotatable bonds is 3. The van der Waals surface area contributed by atoms with Crippen molar-refractivity contribution >= 4 is 17.4 Å². The maximum atomic E-state index is 12.9. The van der Waals surface area contributed by atoms with E-state index in [4.69, 9.17) is 5.73 Å². The summed E-state index contributed by atoms with van der Waals surface area (Å²) in [6.07, 6.45) is 0.206. The molecule has 3 rings (SSSR count). The van der Waals surface area contributed by atoms with Crippen molar-refractivity contribution < 1.29 is 13.6 Å². The number of aromatic nitrogens is 3. The molecule has 0 aliphatic carbocycles. The molecule has 0 saturated heterocycles. The smallest absolute Gasteiger partial charge is 0.274 e. The second-order valence-electron chi connectivity index (χ2n) is 4.76. The van der Waals surface area contributed by atoms with Crippen molar-refractivity contribution in [3.63, 3.8) is 0 Å². The van der Waals surface area contributed by atoms with Gasteiger partial charge in [-0.25, -0.2) is 23.7 Å². The van der Waals surface area contributed by atoms with E-state index in [0.717, 1.165) is 0 Å². The summed E-state index contributed by atoms with van der Waals surface area (Å²) in [6, 6.07) is 1.88. The highest BCUT2D eigenvalue weighted by atomic mass is 19.3. The molecule has 116 valence electrons. The lowest BCUT2D eigenvalue weighted by molar-refractivity contribution is 0.0878. The highest BCUT2D eigenvalue weighted by Crippen LogP contribution is 2.16. The Morgan fingerprint density at radius 3 is 3.00 bits per heavy atom. The van der Waals surface area contributed by atoms with E-state index >= 15 is 0 Å². The van der Waals surface area contributed by atoms with E-state index in [-0.39, 0.29) is 17.3 Å². The van der Waals surface area contributed by atoms with Gasteiger partial charge in [0.25, 0.3) is 12.3 Å². The first-order chi connectivity index (χ1) is 10.5. The van der Waals surface area contributed by atoms with Crippen LogP contribution in [-0.2, 0) is 0 Å². The topological polar surface area (TPSA) is 101 Å². The average molecular weight is 309 g/mol. The minimum atomic E-state index is -2.65. The van der Waals surface area contributed by atoms with E-state index in [1.165, 1.54) is 28.0 Å². The minimum absolute atomic E-state index is 0.00434. The number of hydrogen-bond acceptors (Lipinski definition) is 6. The monoisotopic (exact) mass is 309 g/mol. The van der Waals surface area contributed by atoms with Crippen molar-refractivity contribution in [1.82, 2.24) is 30.3 Å². The number of halogens is 2. The molecule has 1 amide bonds. The van der Waals surface area contributed by atoms with Crippen molar-refractivity contribution in [1.29, 1.82) is 0 Å². The number of alkyl halides is 2. The minimum Gasteiger partial charge on any atom is -0.367 e. The van der Waals surface area contributed by atoms with Crippen molar-refractivity contribution in [2.24, 2.45) is 0 Å². The molecule has 1 aliphatic heterocycles. The predicted molar refractivity (Wildman–Crippen MR) is 73.6 cm³/mol. The Hall–Kier alpha value is -2.75. The number of hydrazine groups is 1. The van der Waals surface area contributed by atoms with Gasteiger partial charge in [-0.05, 0) is 12.1 Å². The first-order valence-electron chi connectivity index (χ1n) is 6.36. The van der Waals surface area contributed by atoms with E-state index < -0.39 is 18.4 Å². The van der Waals surface area contributed by atoms with Crippen molar-refractivity contribution in [3.05, 3.63) is 35.9 Å². The molecular weight excluding hydrogens is 296 g/mol. The summed E-state index contributed by atoms with van der Waals surface area (Å²) in [5.41, 5.74) is 8.84. The molecule has 4 N–H and O–H groups in total. The standard InChI is InChI=1S/C12H13F2N7O/c1-20-5-7(9(18-20)10(13)14)17-11(22)8-3-2-6-4-16-12(15)19-21(6)8/h2-5,9-10,18H,1H3,(H2,15,19)(H,17,22). The van der Waals surface area contributed by atoms with Crippen LogP contribution in [0.15, 0.2) is 30.2 Å². The van der Waals surface area contributed by atoms with Crippen LogP contribution in [0.25, 0.3) is 5.52 Å². The number of amides is 1. The molecule has 0 spiro atoms. The molecule has 1 aliphatic rings. The third-order valence-electron chi connectivity index (χ3n) is 3.17. The summed E-state index contributed by atoms with van der Waals surface area (Å²) in [5.74, 6) is -0.559. The molecule has 0 bridgehead atoms. The molecule has 1 atom stereocenters. The van der Waals surface area contributed by atoms with Gasteiger partial charge in [0, 0.05) is 13.2 Å². The summed E-state index contributed by atoms with van der Waals surface area (Å²) >= 11 is 0. The molecule has 2 aromatic rings. The number of hydrogen-bond donors (Lipinski definition) is 3. The first-order valence-corrected chi connectivity index (χ1v) is 6.36. The Morgan fingerprint density at radius 1 is 1.50 bits per heavy atom. The van der Waals surface area contributed by atoms with E-state index in [9.17, 15) is 13.6 Å². The predicted octanol–water partition coefficient (Wildman–Crippen LogP) is -0.0336. The molecule has 10 heteroatoms. The zero-order valence-electron chi connectivity index (χ0n) is 11.5. The van der Waals surface area contributed by atoms with Gasteiger partial charge in [0.1, 0.15) is 11.7 Å². The van der Waals surface area contributed by atoms with Crippen LogP contribution in [0, 0.1) is 0 Å². The SMILES string of the molecule is CN1C=C(NC(=O)c2ccc3cnc(N)nn23)C(C(F)F)N1. The molecule has 22 heavy (non-hydrogen) atoms. The average Bonchev–Trinajstić information content (AvgIpc) is 3.01. The van der Waals surface area contributed by atoms with E-state index in [2.05, 4.69) is 20.8 Å². The molecule has 0 radical (unpaired) electrons. The second kappa shape index (κ2) is 5.22. The van der Waals surface area contributed by atoms with Gasteiger partial charge in [-0.1, -0.05) is 0 Å². The molecule has 0 fully saturated rings. The summed E-state index contributed by atoms with van der Waals surface area (Å²) in [5, 5.41) is 7.76. The van der Waals surface area contributed by atoms with Crippen molar-refractivity contribution in [2.75, 3.05) is 12.8 Å². The lowest BCUT2D eigenvalue weighted by Gasteiger charge is -2.16. The van der Waals surface area contributed by atoms with Crippen LogP contribution in [0.3, 0.4) is 0 Å². The fourth-order valence-electron chi connectivity index (χ4n) is 2.20. The zero-order chi connectivity index (χ0) is 15.9. The Balaban J connectivity index is 1.87. The number of fused-ring (bicyclic) bond motifs is 1. The third-order valence-corrected chi connectivity index (χ3v) is 3.17. The number of nitrogen functional groups attached to an aromatic ring is 1. The normalized spacial score (nSPS) is 18.1. The summed E-state index contributed by atoms with van der Waals surface area (Å²) in [4.78, 5) is 16.1. The highest BCUT2D eigenvalue weighted by molar-refractivity contribution is 5.95. The zero-order valence-corrected chi connectivity index (χ0v) is 11.5. The number of nitrogens with two attached hydrogens (primary N) is 1. The summed E-state index contributed by atoms with van der Waals surface area (Å²) in [7, 11) is 1.56. The summed E-state index contributed by atoms with van der Waals surface area (Å²) in [6.45, 7) is 0. The Morgan fingerprint density at radius 2 is 2.27 bits per heavy atom. The molecule has 3 heterocycles. The van der Waals surface area contributed by atoms with Gasteiger partial charge in [0.05, 0.1) is 17.4 Å². The van der Waals surface area contributed by atoms with Gasteiger partial charge in [-0.3, -0.25) is 4.79 Å². The lowest BCUT2D eigenvalue weighted by atomic mass is 10.2. The van der Waals surface area contributed by atoms with Gasteiger partial charge in [0.15, 0.2) is 0 Å². The maximum absolute atomic E-state index is 12.9. The van der Waals surface area contributed by atoms with Crippen LogP contribution in [0.5, 0.6) is 0 Å². The molecule has 1 unspecified atom stereocenters. The van der Waals surface area contributed by atoms with Crippen LogP contribution in [0.1, 0.15) is 10.5 Å². The fraction of sp³-hybridized carbons (Fsp3) is 0.250. The van der Waals surface area contributed by atoms with Crippen LogP contribution < -0.4 is 16.5 Å². The molecule has 8 nitrogen and oxygen atoms in total. The fourth-order valence-corrected chi connectivity index (χ4v) is 2.20. The third kappa shape index (κ3) is 2.44. The van der Waals surface area contributed by atoms with E-state index in [1.54, 1.807) is 13.1 Å². The van der Waals surface area contributed by atoms with E-state index in [0.29, 0.717) is 5.52 Å². The van der Waals surface area contributed by atoms with Crippen molar-refractivity contribution in [3.8, 4) is 0 Å². The van der Waals surface area contributed by atoms with Gasteiger partial charge < -0.3 is 16.1 Å². The van der Waals surface area contributed by atoms with Crippen LogP contribution in [0.2, 0.25) is 0 Å². The van der Waals surface area contributed by atoms with Gasteiger partial charge in [-0.15, -0.1) is 5.10 Å². The van der Waals surface area contributed by atoms with Crippen LogP contribution in [-0.4, -0.2) is 45.0 Å². The number of nitrogens with one attached hydrogen (secondary N) is 2. The second-order valence-corrected chi connectivity index (χ2v) is 4.76. The Kier molecular flexibility index (Phi) is 3.37. The molecule has 0 aromatic carbocycles. The lowest BCUT2D eigenvalue weighted by Crippen LogP contribution is -2.42. The van der Waals surface area contributed by atoms with Gasteiger partial charge in [0.2, 0.25) is 5.95 Å². The molecular formula is C12H13F2N7O. The van der Waals surface area contributed by atoms with Crippen LogP contribution >= 0.6 is 0 Å². The number of nitrogens with zero attached hydrogens (tertiary/aromatic N) is 4. The highest BCUT2D eigenvalue weighted by Gasteiger charge is 2.32. The molecule has 0 saturated carbocycles. The Bertz CT molecular complexity index is 757. The Labute approximate surface area is 123 Å². The van der Waals surface area contributed by atoms with Crippen LogP contribution in [0.4, 0.5) is 14.7 Å². The maximum Gasteiger partial charge on any atom is 0.274 e. The van der Waals surface area contributed by atoms with Gasteiger partial charge in [-0.2, -0.15) is 0 Å². The molecule has 2 aromatic heterocycles.